The first-order valence-corrected chi connectivity index (χ1v) is 9.41. The summed E-state index contributed by atoms with van der Waals surface area (Å²) in [5.41, 5.74) is 3.11. The third-order valence-electron chi connectivity index (χ3n) is 3.48. The first-order chi connectivity index (χ1) is 11.6. The molecule has 1 aromatic heterocycles. The number of thiazole rings is 1. The fourth-order valence-electron chi connectivity index (χ4n) is 2.42. The predicted octanol–water partition coefficient (Wildman–Crippen LogP) is 3.40. The molecule has 0 aliphatic carbocycles. The zero-order chi connectivity index (χ0) is 17.1. The van der Waals surface area contributed by atoms with Crippen LogP contribution in [0.5, 0.6) is 0 Å². The summed E-state index contributed by atoms with van der Waals surface area (Å²) in [6.07, 6.45) is 0. The molecule has 24 heavy (non-hydrogen) atoms. The van der Waals surface area contributed by atoms with Crippen molar-refractivity contribution in [2.75, 3.05) is 5.75 Å². The zero-order valence-corrected chi connectivity index (χ0v) is 15.3. The van der Waals surface area contributed by atoms with Crippen LogP contribution in [0.1, 0.15) is 0 Å². The van der Waals surface area contributed by atoms with Gasteiger partial charge in [-0.15, -0.1) is 11.8 Å². The molecular formula is C18H14ClNO2S2. The number of hydrogen-bond donors (Lipinski definition) is 0. The summed E-state index contributed by atoms with van der Waals surface area (Å²) < 4.78 is 3.05. The predicted molar refractivity (Wildman–Crippen MR) is 97.1 cm³/mol. The van der Waals surface area contributed by atoms with Gasteiger partial charge in [0.25, 0.3) is 5.01 Å². The quantitative estimate of drug-likeness (QED) is 0.507. The number of carbonyl (C=O) groups is 1. The van der Waals surface area contributed by atoms with Crippen LogP contribution in [0.15, 0.2) is 58.8 Å². The maximum Gasteiger partial charge on any atom is 0.270 e. The minimum atomic E-state index is -1.07. The van der Waals surface area contributed by atoms with Crippen LogP contribution in [0, 0.1) is 0 Å². The number of rotatable bonds is 5. The highest BCUT2D eigenvalue weighted by molar-refractivity contribution is 8.01. The van der Waals surface area contributed by atoms with E-state index in [1.54, 1.807) is 11.3 Å². The van der Waals surface area contributed by atoms with E-state index in [9.17, 15) is 9.90 Å². The third-order valence-corrected chi connectivity index (χ3v) is 6.26. The molecular weight excluding hydrogens is 362 g/mol. The van der Waals surface area contributed by atoms with Crippen LogP contribution in [0.2, 0.25) is 5.02 Å². The van der Waals surface area contributed by atoms with E-state index in [0.717, 1.165) is 26.0 Å². The average Bonchev–Trinajstić information content (AvgIpc) is 2.91. The van der Waals surface area contributed by atoms with E-state index in [1.807, 2.05) is 61.6 Å². The van der Waals surface area contributed by atoms with Crippen LogP contribution in [0.3, 0.4) is 0 Å². The minimum absolute atomic E-state index is 0.0690. The summed E-state index contributed by atoms with van der Waals surface area (Å²) in [4.78, 5) is 10.9. The number of carbonyl (C=O) groups excluding carboxylic acids is 1. The van der Waals surface area contributed by atoms with Gasteiger partial charge in [-0.25, -0.2) is 0 Å². The molecule has 0 spiro atoms. The summed E-state index contributed by atoms with van der Waals surface area (Å²) >= 11 is 8.84. The van der Waals surface area contributed by atoms with Gasteiger partial charge in [-0.1, -0.05) is 41.1 Å². The maximum atomic E-state index is 10.9. The Kier molecular flexibility index (Phi) is 5.23. The molecule has 6 heteroatoms. The standard InChI is InChI=1S/C18H14ClNO2S2/c1-20-16(12-5-3-2-4-6-12)18(23-11-15(21)22)24-17(20)13-7-9-14(19)10-8-13/h2-10H,11H2,1H3. The number of hydrogen-bond acceptors (Lipinski definition) is 4. The van der Waals surface area contributed by atoms with Crippen molar-refractivity contribution in [2.45, 2.75) is 4.21 Å². The van der Waals surface area contributed by atoms with Gasteiger partial charge in [0.05, 0.1) is 11.5 Å². The molecule has 0 radical (unpaired) electrons. The number of aromatic nitrogens is 1. The van der Waals surface area contributed by atoms with Crippen LogP contribution in [-0.2, 0) is 11.8 Å². The summed E-state index contributed by atoms with van der Waals surface area (Å²) in [5, 5.41) is 12.6. The molecule has 0 unspecified atom stereocenters. The van der Waals surface area contributed by atoms with E-state index in [0.29, 0.717) is 5.02 Å². The van der Waals surface area contributed by atoms with Gasteiger partial charge in [0.2, 0.25) is 5.69 Å². The minimum Gasteiger partial charge on any atom is -0.549 e. The number of aliphatic carboxylic acids is 1. The summed E-state index contributed by atoms with van der Waals surface area (Å²) in [6, 6.07) is 17.6. The van der Waals surface area contributed by atoms with Crippen LogP contribution in [0.4, 0.5) is 0 Å². The van der Waals surface area contributed by atoms with Gasteiger partial charge in [0.1, 0.15) is 11.3 Å². The third kappa shape index (κ3) is 3.64. The van der Waals surface area contributed by atoms with E-state index < -0.39 is 5.97 Å². The van der Waals surface area contributed by atoms with E-state index >= 15 is 0 Å². The van der Waals surface area contributed by atoms with Crippen LogP contribution < -0.4 is 9.67 Å². The van der Waals surface area contributed by atoms with Crippen molar-refractivity contribution in [1.29, 1.82) is 0 Å². The molecule has 0 amide bonds. The van der Waals surface area contributed by atoms with Gasteiger partial charge in [-0.3, -0.25) is 0 Å². The molecule has 122 valence electrons. The summed E-state index contributed by atoms with van der Waals surface area (Å²) in [7, 11) is 1.99. The molecule has 1 heterocycles. The van der Waals surface area contributed by atoms with E-state index in [1.165, 1.54) is 11.8 Å². The molecule has 0 saturated carbocycles. The van der Waals surface area contributed by atoms with Crippen molar-refractivity contribution in [3.8, 4) is 21.8 Å². The number of carboxylic acid groups (broad SMARTS) is 1. The first-order valence-electron chi connectivity index (χ1n) is 7.23. The van der Waals surface area contributed by atoms with E-state index in [2.05, 4.69) is 4.57 Å². The fourth-order valence-corrected chi connectivity index (χ4v) is 4.84. The normalized spacial score (nSPS) is 10.8. The lowest BCUT2D eigenvalue weighted by Gasteiger charge is -2.01. The maximum absolute atomic E-state index is 10.9. The van der Waals surface area contributed by atoms with Crippen LogP contribution in [0.25, 0.3) is 21.8 Å². The largest absolute Gasteiger partial charge is 0.549 e. The Labute approximate surface area is 153 Å². The second-order valence-electron chi connectivity index (χ2n) is 5.14. The first kappa shape index (κ1) is 17.0. The van der Waals surface area contributed by atoms with Crippen molar-refractivity contribution >= 4 is 40.7 Å². The van der Waals surface area contributed by atoms with Crippen LogP contribution in [-0.4, -0.2) is 11.7 Å². The number of nitrogens with zero attached hydrogens (tertiary/aromatic N) is 1. The Morgan fingerprint density at radius 2 is 1.79 bits per heavy atom. The Balaban J connectivity index is 2.11. The lowest BCUT2D eigenvalue weighted by atomic mass is 10.1. The van der Waals surface area contributed by atoms with Crippen molar-refractivity contribution in [3.05, 3.63) is 59.6 Å². The molecule has 2 aromatic carbocycles. The van der Waals surface area contributed by atoms with E-state index in [-0.39, 0.29) is 5.75 Å². The molecule has 0 atom stereocenters. The fraction of sp³-hybridized carbons (Fsp3) is 0.111. The molecule has 3 nitrogen and oxygen atoms in total. The lowest BCUT2D eigenvalue weighted by Crippen LogP contribution is -2.30. The van der Waals surface area contributed by atoms with Gasteiger partial charge in [-0.05, 0) is 36.4 Å². The number of benzene rings is 2. The highest BCUT2D eigenvalue weighted by Crippen LogP contribution is 2.38. The monoisotopic (exact) mass is 375 g/mol. The average molecular weight is 376 g/mol. The molecule has 0 saturated heterocycles. The highest BCUT2D eigenvalue weighted by Gasteiger charge is 2.26. The SMILES string of the molecule is C[n+]1c(-c2ccc(Cl)cc2)sc(SCC(=O)[O-])c1-c1ccccc1. The Morgan fingerprint density at radius 1 is 1.12 bits per heavy atom. The van der Waals surface area contributed by atoms with Crippen molar-refractivity contribution in [2.24, 2.45) is 7.05 Å². The summed E-state index contributed by atoms with van der Waals surface area (Å²) in [6.45, 7) is 0. The molecule has 3 aromatic rings. The van der Waals surface area contributed by atoms with Crippen LogP contribution >= 0.6 is 34.7 Å². The number of carboxylic acids is 1. The second-order valence-corrected chi connectivity index (χ2v) is 7.82. The number of thioether (sulfide) groups is 1. The molecule has 0 bridgehead atoms. The smallest absolute Gasteiger partial charge is 0.270 e. The second kappa shape index (κ2) is 7.38. The molecule has 0 aliphatic rings. The zero-order valence-electron chi connectivity index (χ0n) is 12.9. The molecule has 0 aliphatic heterocycles. The highest BCUT2D eigenvalue weighted by atomic mass is 35.5. The molecule has 3 rings (SSSR count). The molecule has 0 fully saturated rings. The topological polar surface area (TPSA) is 44.0 Å². The van der Waals surface area contributed by atoms with Gasteiger partial charge >= 0.3 is 0 Å². The van der Waals surface area contributed by atoms with Gasteiger partial charge in [0.15, 0.2) is 0 Å². The Morgan fingerprint density at radius 3 is 2.42 bits per heavy atom. The van der Waals surface area contributed by atoms with Crippen molar-refractivity contribution in [1.82, 2.24) is 0 Å². The lowest BCUT2D eigenvalue weighted by molar-refractivity contribution is -0.646. The van der Waals surface area contributed by atoms with Crippen molar-refractivity contribution < 1.29 is 14.5 Å². The Hall–Kier alpha value is -1.82. The summed E-state index contributed by atoms with van der Waals surface area (Å²) in [5.74, 6) is -1.14. The van der Waals surface area contributed by atoms with E-state index in [4.69, 9.17) is 11.6 Å². The van der Waals surface area contributed by atoms with Gasteiger partial charge in [-0.2, -0.15) is 4.57 Å². The van der Waals surface area contributed by atoms with Crippen molar-refractivity contribution in [3.63, 3.8) is 0 Å². The Bertz CT molecular complexity index is 861. The van der Waals surface area contributed by atoms with Gasteiger partial charge in [0, 0.05) is 16.3 Å². The number of halogens is 1. The van der Waals surface area contributed by atoms with Gasteiger partial charge < -0.3 is 9.90 Å². The molecule has 0 N–H and O–H groups in total.